The van der Waals surface area contributed by atoms with Crippen LogP contribution >= 0.6 is 0 Å². The summed E-state index contributed by atoms with van der Waals surface area (Å²) in [6.45, 7) is 5.31. The maximum Gasteiger partial charge on any atom is 0.408 e. The number of alkyl carbamates (subject to hydrolysis) is 1. The number of hydrogen-bond donors (Lipinski definition) is 3. The lowest BCUT2D eigenvalue weighted by Gasteiger charge is -2.19. The summed E-state index contributed by atoms with van der Waals surface area (Å²) in [6.07, 6.45) is -0.649. The van der Waals surface area contributed by atoms with E-state index < -0.39 is 17.6 Å². The molecule has 0 saturated heterocycles. The molecule has 7 nitrogen and oxygen atoms in total. The number of carbonyl (C=O) groups is 3. The van der Waals surface area contributed by atoms with Crippen molar-refractivity contribution in [1.29, 1.82) is 0 Å². The molecule has 3 aromatic carbocycles. The van der Waals surface area contributed by atoms with Gasteiger partial charge in [0, 0.05) is 12.2 Å². The Hall–Kier alpha value is -4.13. The van der Waals surface area contributed by atoms with E-state index in [1.807, 2.05) is 78.9 Å². The molecule has 0 saturated carbocycles. The lowest BCUT2D eigenvalue weighted by atomic mass is 9.90. The summed E-state index contributed by atoms with van der Waals surface area (Å²) in [4.78, 5) is 37.1. The predicted molar refractivity (Wildman–Crippen MR) is 136 cm³/mol. The Kier molecular flexibility index (Phi) is 8.62. The van der Waals surface area contributed by atoms with Gasteiger partial charge in [0.05, 0.1) is 5.92 Å². The van der Waals surface area contributed by atoms with Crippen molar-refractivity contribution < 1.29 is 19.1 Å². The quantitative estimate of drug-likeness (QED) is 0.446. The van der Waals surface area contributed by atoms with Gasteiger partial charge >= 0.3 is 6.09 Å². The highest BCUT2D eigenvalue weighted by Gasteiger charge is 2.22. The zero-order chi connectivity index (χ0) is 25.3. The molecule has 0 fully saturated rings. The van der Waals surface area contributed by atoms with Crippen molar-refractivity contribution in [3.63, 3.8) is 0 Å². The molecule has 3 aromatic rings. The minimum atomic E-state index is -0.649. The van der Waals surface area contributed by atoms with Crippen LogP contribution in [0.1, 0.15) is 43.4 Å². The fourth-order valence-corrected chi connectivity index (χ4v) is 3.49. The van der Waals surface area contributed by atoms with E-state index in [0.717, 1.165) is 16.7 Å². The first-order valence-electron chi connectivity index (χ1n) is 11.4. The van der Waals surface area contributed by atoms with E-state index in [1.165, 1.54) is 0 Å². The van der Waals surface area contributed by atoms with Gasteiger partial charge in [0.2, 0.25) is 11.8 Å². The molecule has 7 heteroatoms. The summed E-state index contributed by atoms with van der Waals surface area (Å²) >= 11 is 0. The molecule has 0 bridgehead atoms. The summed E-state index contributed by atoms with van der Waals surface area (Å²) in [5.41, 5.74) is 2.61. The van der Waals surface area contributed by atoms with Gasteiger partial charge in [0.1, 0.15) is 12.1 Å². The summed E-state index contributed by atoms with van der Waals surface area (Å²) in [5.74, 6) is -0.955. The van der Waals surface area contributed by atoms with Crippen molar-refractivity contribution in [2.45, 2.75) is 38.8 Å². The van der Waals surface area contributed by atoms with Gasteiger partial charge in [0.15, 0.2) is 0 Å². The van der Waals surface area contributed by atoms with Crippen LogP contribution in [0.4, 0.5) is 10.5 Å². The highest BCUT2D eigenvalue weighted by Crippen LogP contribution is 2.26. The zero-order valence-electron chi connectivity index (χ0n) is 20.2. The van der Waals surface area contributed by atoms with Crippen molar-refractivity contribution in [2.75, 3.05) is 11.9 Å². The molecule has 0 aliphatic heterocycles. The minimum Gasteiger partial charge on any atom is -0.444 e. The average molecular weight is 474 g/mol. The molecular formula is C28H31N3O4. The third kappa shape index (κ3) is 8.30. The number of benzene rings is 3. The van der Waals surface area contributed by atoms with E-state index in [0.29, 0.717) is 5.69 Å². The number of carbonyl (C=O) groups excluding carboxylic acids is 3. The van der Waals surface area contributed by atoms with Gasteiger partial charge in [-0.15, -0.1) is 0 Å². The van der Waals surface area contributed by atoms with Crippen LogP contribution in [-0.4, -0.2) is 30.1 Å². The van der Waals surface area contributed by atoms with Crippen molar-refractivity contribution in [3.05, 3.63) is 102 Å². The van der Waals surface area contributed by atoms with Crippen LogP contribution in [0.25, 0.3) is 0 Å². The molecule has 0 unspecified atom stereocenters. The molecule has 0 aliphatic rings. The van der Waals surface area contributed by atoms with Gasteiger partial charge in [-0.05, 0) is 49.6 Å². The Bertz CT molecular complexity index is 1100. The Morgan fingerprint density at radius 2 is 1.40 bits per heavy atom. The number of ether oxygens (including phenoxy) is 1. The number of nitrogens with one attached hydrogen (secondary N) is 3. The standard InChI is InChI=1S/C28H31N3O4/c1-28(2,3)35-27(34)30-19-24(32)29-18-20-11-10-16-23(17-20)31-26(33)25(21-12-6-4-7-13-21)22-14-8-5-9-15-22/h4-17,25H,18-19H2,1-3H3,(H,29,32)(H,30,34)(H,31,33). The number of anilines is 1. The van der Waals surface area contributed by atoms with Gasteiger partial charge in [-0.2, -0.15) is 0 Å². The second-order valence-corrected chi connectivity index (χ2v) is 9.08. The number of hydrogen-bond acceptors (Lipinski definition) is 4. The zero-order valence-corrected chi connectivity index (χ0v) is 20.2. The van der Waals surface area contributed by atoms with E-state index in [2.05, 4.69) is 16.0 Å². The van der Waals surface area contributed by atoms with Crippen molar-refractivity contribution in [2.24, 2.45) is 0 Å². The lowest BCUT2D eigenvalue weighted by molar-refractivity contribution is -0.120. The molecule has 3 amide bonds. The molecular weight excluding hydrogens is 442 g/mol. The first-order valence-corrected chi connectivity index (χ1v) is 11.4. The molecule has 0 radical (unpaired) electrons. The number of amides is 3. The first-order chi connectivity index (χ1) is 16.7. The monoisotopic (exact) mass is 473 g/mol. The second-order valence-electron chi connectivity index (χ2n) is 9.08. The maximum atomic E-state index is 13.3. The smallest absolute Gasteiger partial charge is 0.408 e. The summed E-state index contributed by atoms with van der Waals surface area (Å²) in [5, 5.41) is 8.18. The van der Waals surface area contributed by atoms with Crippen LogP contribution in [0, 0.1) is 0 Å². The minimum absolute atomic E-state index is 0.148. The largest absolute Gasteiger partial charge is 0.444 e. The van der Waals surface area contributed by atoms with E-state index in [-0.39, 0.29) is 24.9 Å². The number of rotatable bonds is 8. The maximum absolute atomic E-state index is 13.3. The third-order valence-electron chi connectivity index (χ3n) is 5.00. The molecule has 182 valence electrons. The van der Waals surface area contributed by atoms with E-state index in [1.54, 1.807) is 26.8 Å². The summed E-state index contributed by atoms with van der Waals surface area (Å²) in [7, 11) is 0. The fourth-order valence-electron chi connectivity index (χ4n) is 3.49. The van der Waals surface area contributed by atoms with Crippen molar-refractivity contribution in [3.8, 4) is 0 Å². The Morgan fingerprint density at radius 3 is 1.97 bits per heavy atom. The third-order valence-corrected chi connectivity index (χ3v) is 5.00. The molecule has 0 spiro atoms. The van der Waals surface area contributed by atoms with E-state index in [9.17, 15) is 14.4 Å². The van der Waals surface area contributed by atoms with Crippen LogP contribution in [0.3, 0.4) is 0 Å². The molecule has 35 heavy (non-hydrogen) atoms. The molecule has 0 aliphatic carbocycles. The van der Waals surface area contributed by atoms with Crippen LogP contribution in [0.15, 0.2) is 84.9 Å². The van der Waals surface area contributed by atoms with Crippen LogP contribution in [0.2, 0.25) is 0 Å². The van der Waals surface area contributed by atoms with Gasteiger partial charge in [-0.25, -0.2) is 4.79 Å². The summed E-state index contributed by atoms with van der Waals surface area (Å²) in [6, 6.07) is 26.5. The summed E-state index contributed by atoms with van der Waals surface area (Å²) < 4.78 is 5.12. The van der Waals surface area contributed by atoms with Gasteiger partial charge in [0.25, 0.3) is 0 Å². The highest BCUT2D eigenvalue weighted by atomic mass is 16.6. The van der Waals surface area contributed by atoms with Crippen molar-refractivity contribution in [1.82, 2.24) is 10.6 Å². The van der Waals surface area contributed by atoms with Gasteiger partial charge in [-0.1, -0.05) is 72.8 Å². The Balaban J connectivity index is 1.60. The molecule has 3 N–H and O–H groups in total. The topological polar surface area (TPSA) is 96.5 Å². The Morgan fingerprint density at radius 1 is 0.800 bits per heavy atom. The normalized spacial score (nSPS) is 11.0. The SMILES string of the molecule is CC(C)(C)OC(=O)NCC(=O)NCc1cccc(NC(=O)C(c2ccccc2)c2ccccc2)c1. The second kappa shape index (κ2) is 11.8. The lowest BCUT2D eigenvalue weighted by Crippen LogP contribution is -2.39. The van der Waals surface area contributed by atoms with E-state index in [4.69, 9.17) is 4.74 Å². The van der Waals surface area contributed by atoms with Crippen LogP contribution < -0.4 is 16.0 Å². The first kappa shape index (κ1) is 25.5. The van der Waals surface area contributed by atoms with Crippen LogP contribution in [-0.2, 0) is 20.9 Å². The molecule has 3 rings (SSSR count). The molecule has 0 atom stereocenters. The highest BCUT2D eigenvalue weighted by molar-refractivity contribution is 5.98. The van der Waals surface area contributed by atoms with Crippen LogP contribution in [0.5, 0.6) is 0 Å². The van der Waals surface area contributed by atoms with Gasteiger partial charge < -0.3 is 20.7 Å². The van der Waals surface area contributed by atoms with Gasteiger partial charge in [-0.3, -0.25) is 9.59 Å². The Labute approximate surface area is 205 Å². The molecule has 0 aromatic heterocycles. The fraction of sp³-hybridized carbons (Fsp3) is 0.250. The van der Waals surface area contributed by atoms with Crippen molar-refractivity contribution >= 4 is 23.6 Å². The average Bonchev–Trinajstić information content (AvgIpc) is 2.82. The van der Waals surface area contributed by atoms with E-state index >= 15 is 0 Å². The predicted octanol–water partition coefficient (Wildman–Crippen LogP) is 4.60. The molecule has 0 heterocycles.